The molecule has 1 fully saturated rings. The van der Waals surface area contributed by atoms with E-state index in [2.05, 4.69) is 11.6 Å². The molecule has 2 rings (SSSR count). The van der Waals surface area contributed by atoms with Gasteiger partial charge in [0.1, 0.15) is 0 Å². The summed E-state index contributed by atoms with van der Waals surface area (Å²) in [7, 11) is -3.72. The molecule has 0 radical (unpaired) electrons. The smallest absolute Gasteiger partial charge is 0.238 e. The highest BCUT2D eigenvalue weighted by molar-refractivity contribution is 8.00. The van der Waals surface area contributed by atoms with Gasteiger partial charge in [-0.2, -0.15) is 11.8 Å². The van der Waals surface area contributed by atoms with Crippen molar-refractivity contribution in [2.75, 3.05) is 23.9 Å². The minimum atomic E-state index is -3.72. The van der Waals surface area contributed by atoms with Crippen LogP contribution in [-0.2, 0) is 10.0 Å². The first-order valence-electron chi connectivity index (χ1n) is 6.07. The number of nitrogens with two attached hydrogens (primary N) is 2. The molecule has 19 heavy (non-hydrogen) atoms. The molecule has 0 bridgehead atoms. The van der Waals surface area contributed by atoms with Gasteiger partial charge in [-0.15, -0.1) is 0 Å². The summed E-state index contributed by atoms with van der Waals surface area (Å²) in [6.45, 7) is 0.807. The van der Waals surface area contributed by atoms with Gasteiger partial charge in [0, 0.05) is 22.7 Å². The van der Waals surface area contributed by atoms with Crippen molar-refractivity contribution in [3.8, 4) is 0 Å². The quantitative estimate of drug-likeness (QED) is 0.718. The van der Waals surface area contributed by atoms with Crippen molar-refractivity contribution in [3.05, 3.63) is 18.2 Å². The Morgan fingerprint density at radius 1 is 1.37 bits per heavy atom. The third kappa shape index (κ3) is 3.34. The molecule has 0 atom stereocenters. The minimum Gasteiger partial charge on any atom is -0.399 e. The normalized spacial score (nSPS) is 17.8. The third-order valence-corrected chi connectivity index (χ3v) is 5.88. The van der Waals surface area contributed by atoms with Gasteiger partial charge in [-0.1, -0.05) is 6.42 Å². The molecule has 0 spiro atoms. The van der Waals surface area contributed by atoms with E-state index in [0.29, 0.717) is 11.4 Å². The van der Waals surface area contributed by atoms with E-state index in [1.807, 2.05) is 11.8 Å². The van der Waals surface area contributed by atoms with Gasteiger partial charge in [0.05, 0.1) is 4.90 Å². The molecule has 7 heteroatoms. The maximum absolute atomic E-state index is 11.4. The van der Waals surface area contributed by atoms with E-state index >= 15 is 0 Å². The zero-order valence-corrected chi connectivity index (χ0v) is 12.5. The summed E-state index contributed by atoms with van der Waals surface area (Å²) < 4.78 is 23.0. The van der Waals surface area contributed by atoms with E-state index in [0.717, 1.165) is 6.54 Å². The number of nitrogens with one attached hydrogen (secondary N) is 1. The number of hydrogen-bond acceptors (Lipinski definition) is 5. The van der Waals surface area contributed by atoms with E-state index in [1.165, 1.54) is 31.4 Å². The first-order chi connectivity index (χ1) is 8.85. The van der Waals surface area contributed by atoms with E-state index in [9.17, 15) is 8.42 Å². The van der Waals surface area contributed by atoms with Crippen molar-refractivity contribution in [2.45, 2.75) is 28.9 Å². The Morgan fingerprint density at radius 3 is 2.53 bits per heavy atom. The molecule has 0 heterocycles. The molecule has 5 N–H and O–H groups in total. The molecular weight excluding hydrogens is 282 g/mol. The van der Waals surface area contributed by atoms with Crippen molar-refractivity contribution < 1.29 is 8.42 Å². The largest absolute Gasteiger partial charge is 0.399 e. The Labute approximate surface area is 118 Å². The Kier molecular flexibility index (Phi) is 3.98. The molecule has 1 aromatic rings. The van der Waals surface area contributed by atoms with Crippen LogP contribution in [0.25, 0.3) is 0 Å². The van der Waals surface area contributed by atoms with Gasteiger partial charge in [0.25, 0.3) is 0 Å². The van der Waals surface area contributed by atoms with Gasteiger partial charge in [0.15, 0.2) is 0 Å². The summed E-state index contributed by atoms with van der Waals surface area (Å²) >= 11 is 1.86. The van der Waals surface area contributed by atoms with Gasteiger partial charge in [-0.3, -0.25) is 0 Å². The lowest BCUT2D eigenvalue weighted by Crippen LogP contribution is -2.40. The second-order valence-corrected chi connectivity index (χ2v) is 7.77. The highest BCUT2D eigenvalue weighted by atomic mass is 32.2. The maximum atomic E-state index is 11.4. The molecule has 5 nitrogen and oxygen atoms in total. The minimum absolute atomic E-state index is 0.0433. The molecular formula is C12H19N3O2S2. The van der Waals surface area contributed by atoms with Crippen LogP contribution in [0.15, 0.2) is 23.1 Å². The Hall–Kier alpha value is -0.920. The summed E-state index contributed by atoms with van der Waals surface area (Å²) in [5, 5.41) is 8.40. The highest BCUT2D eigenvalue weighted by Crippen LogP contribution is 2.42. The number of primary sulfonamides is 1. The van der Waals surface area contributed by atoms with Gasteiger partial charge in [-0.25, -0.2) is 13.6 Å². The monoisotopic (exact) mass is 301 g/mol. The Balaban J connectivity index is 2.15. The van der Waals surface area contributed by atoms with Gasteiger partial charge in [0.2, 0.25) is 10.0 Å². The van der Waals surface area contributed by atoms with Gasteiger partial charge < -0.3 is 11.1 Å². The van der Waals surface area contributed by atoms with Crippen LogP contribution in [0, 0.1) is 0 Å². The molecule has 1 aromatic carbocycles. The number of benzene rings is 1. The second-order valence-electron chi connectivity index (χ2n) is 4.93. The number of rotatable bonds is 5. The fourth-order valence-electron chi connectivity index (χ4n) is 2.18. The third-order valence-electron chi connectivity index (χ3n) is 3.57. The maximum Gasteiger partial charge on any atom is 0.238 e. The average Bonchev–Trinajstić information content (AvgIpc) is 2.26. The molecule has 1 aliphatic carbocycles. The summed E-state index contributed by atoms with van der Waals surface area (Å²) in [5.41, 5.74) is 6.80. The van der Waals surface area contributed by atoms with Crippen molar-refractivity contribution in [1.82, 2.24) is 0 Å². The summed E-state index contributed by atoms with van der Waals surface area (Å²) in [5.74, 6) is 0. The molecule has 106 valence electrons. The number of sulfonamides is 1. The van der Waals surface area contributed by atoms with Crippen LogP contribution < -0.4 is 16.2 Å². The number of hydrogen-bond donors (Lipinski definition) is 3. The van der Waals surface area contributed by atoms with Gasteiger partial charge >= 0.3 is 0 Å². The molecule has 0 unspecified atom stereocenters. The van der Waals surface area contributed by atoms with Crippen LogP contribution >= 0.6 is 11.8 Å². The molecule has 0 amide bonds. The topological polar surface area (TPSA) is 98.2 Å². The molecule has 1 aliphatic rings. The van der Waals surface area contributed by atoms with Crippen molar-refractivity contribution in [1.29, 1.82) is 0 Å². The highest BCUT2D eigenvalue weighted by Gasteiger charge is 2.35. The van der Waals surface area contributed by atoms with Crippen LogP contribution in [0.5, 0.6) is 0 Å². The van der Waals surface area contributed by atoms with E-state index in [4.69, 9.17) is 10.9 Å². The lowest BCUT2D eigenvalue weighted by Gasteiger charge is -2.40. The van der Waals surface area contributed by atoms with Crippen LogP contribution in [0.1, 0.15) is 19.3 Å². The predicted octanol–water partition coefficient (Wildman–Crippen LogP) is 1.61. The molecule has 0 saturated heterocycles. The van der Waals surface area contributed by atoms with Crippen molar-refractivity contribution >= 4 is 33.2 Å². The lowest BCUT2D eigenvalue weighted by molar-refractivity contribution is 0.380. The van der Waals surface area contributed by atoms with E-state index in [1.54, 1.807) is 6.07 Å². The molecule has 0 aromatic heterocycles. The van der Waals surface area contributed by atoms with Crippen LogP contribution in [0.4, 0.5) is 11.4 Å². The van der Waals surface area contributed by atoms with Crippen LogP contribution in [0.2, 0.25) is 0 Å². The van der Waals surface area contributed by atoms with Gasteiger partial charge in [-0.05, 0) is 37.3 Å². The fraction of sp³-hybridized carbons (Fsp3) is 0.500. The second kappa shape index (κ2) is 5.22. The van der Waals surface area contributed by atoms with E-state index in [-0.39, 0.29) is 9.64 Å². The number of anilines is 2. The zero-order chi connectivity index (χ0) is 14.1. The molecule has 0 aliphatic heterocycles. The Morgan fingerprint density at radius 2 is 2.05 bits per heavy atom. The Bertz CT molecular complexity index is 563. The summed E-state index contributed by atoms with van der Waals surface area (Å²) in [6.07, 6.45) is 5.73. The lowest BCUT2D eigenvalue weighted by atomic mass is 9.84. The zero-order valence-electron chi connectivity index (χ0n) is 10.8. The van der Waals surface area contributed by atoms with Crippen LogP contribution in [0.3, 0.4) is 0 Å². The predicted molar refractivity (Wildman–Crippen MR) is 80.8 cm³/mol. The fourth-order valence-corrected chi connectivity index (χ4v) is 3.68. The number of thioether (sulfide) groups is 1. The first kappa shape index (κ1) is 14.5. The van der Waals surface area contributed by atoms with E-state index < -0.39 is 10.0 Å². The first-order valence-corrected chi connectivity index (χ1v) is 8.84. The van der Waals surface area contributed by atoms with Crippen molar-refractivity contribution in [3.63, 3.8) is 0 Å². The van der Waals surface area contributed by atoms with Crippen LogP contribution in [-0.4, -0.2) is 26.0 Å². The SMILES string of the molecule is CSC1(CNc2cc(N)cc(S(N)(=O)=O)c2)CCC1. The summed E-state index contributed by atoms with van der Waals surface area (Å²) in [4.78, 5) is 0.0433. The average molecular weight is 301 g/mol. The molecule has 1 saturated carbocycles. The summed E-state index contributed by atoms with van der Waals surface area (Å²) in [6, 6.07) is 4.62. The number of nitrogen functional groups attached to an aromatic ring is 1. The standard InChI is InChI=1S/C12H19N3O2S2/c1-18-12(3-2-4-12)8-15-10-5-9(13)6-11(7-10)19(14,16)17/h5-7,15H,2-4,8,13H2,1H3,(H2,14,16,17). The van der Waals surface area contributed by atoms with Crippen molar-refractivity contribution in [2.24, 2.45) is 5.14 Å².